The van der Waals surface area contributed by atoms with E-state index in [-0.39, 0.29) is 17.0 Å². The van der Waals surface area contributed by atoms with E-state index in [9.17, 15) is 9.59 Å². The number of carboxylic acid groups (broad SMARTS) is 1. The lowest BCUT2D eigenvalue weighted by Crippen LogP contribution is -2.35. The molecular formula is C18H11N3O4S. The van der Waals surface area contributed by atoms with Crippen LogP contribution in [0.4, 0.5) is 0 Å². The van der Waals surface area contributed by atoms with Gasteiger partial charge in [0.1, 0.15) is 17.4 Å². The highest BCUT2D eigenvalue weighted by Crippen LogP contribution is 2.29. The van der Waals surface area contributed by atoms with E-state index in [0.29, 0.717) is 22.3 Å². The number of carbonyl (C=O) groups is 2. The maximum Gasteiger partial charge on any atom is 0.335 e. The monoisotopic (exact) mass is 365 g/mol. The van der Waals surface area contributed by atoms with Crippen molar-refractivity contribution in [3.05, 3.63) is 64.9 Å². The summed E-state index contributed by atoms with van der Waals surface area (Å²) in [7, 11) is 0. The molecule has 128 valence electrons. The number of nitrogens with zero attached hydrogens (tertiary/aromatic N) is 2. The molecule has 26 heavy (non-hydrogen) atoms. The van der Waals surface area contributed by atoms with Crippen LogP contribution >= 0.6 is 11.8 Å². The number of thioether (sulfide) groups is 1. The van der Waals surface area contributed by atoms with Crippen LogP contribution in [0.15, 0.2) is 63.0 Å². The smallest absolute Gasteiger partial charge is 0.335 e. The Labute approximate surface area is 151 Å². The second-order valence-corrected chi connectivity index (χ2v) is 6.34. The zero-order valence-electron chi connectivity index (χ0n) is 13.2. The highest BCUT2D eigenvalue weighted by Gasteiger charge is 2.31. The molecule has 0 saturated carbocycles. The number of carboxylic acids is 1. The maximum absolute atomic E-state index is 12.2. The lowest BCUT2D eigenvalue weighted by atomic mass is 10.1. The van der Waals surface area contributed by atoms with Crippen LogP contribution in [0.25, 0.3) is 17.4 Å². The molecular weight excluding hydrogens is 354 g/mol. The van der Waals surface area contributed by atoms with Crippen molar-refractivity contribution in [3.63, 3.8) is 0 Å². The van der Waals surface area contributed by atoms with Crippen LogP contribution in [0, 0.1) is 5.41 Å². The Morgan fingerprint density at radius 2 is 2.00 bits per heavy atom. The Bertz CT molecular complexity index is 1030. The lowest BCUT2D eigenvalue weighted by Gasteiger charge is -2.21. The average Bonchev–Trinajstić information content (AvgIpc) is 3.28. The van der Waals surface area contributed by atoms with E-state index in [1.165, 1.54) is 34.9 Å². The van der Waals surface area contributed by atoms with Gasteiger partial charge in [-0.05, 0) is 35.7 Å². The van der Waals surface area contributed by atoms with E-state index in [2.05, 4.69) is 4.99 Å². The Kier molecular flexibility index (Phi) is 3.81. The molecule has 2 aromatic rings. The molecule has 2 N–H and O–H groups in total. The molecule has 4 rings (SSSR count). The third-order valence-electron chi connectivity index (χ3n) is 3.84. The number of amides is 1. The van der Waals surface area contributed by atoms with E-state index < -0.39 is 11.9 Å². The number of furan rings is 1. The molecule has 0 fully saturated rings. The van der Waals surface area contributed by atoms with Crippen LogP contribution in [0.1, 0.15) is 16.1 Å². The van der Waals surface area contributed by atoms with Crippen molar-refractivity contribution in [3.8, 4) is 11.3 Å². The number of fused-ring (bicyclic) bond motifs is 1. The highest BCUT2D eigenvalue weighted by molar-refractivity contribution is 8.16. The molecule has 0 atom stereocenters. The maximum atomic E-state index is 12.2. The van der Waals surface area contributed by atoms with Crippen molar-refractivity contribution in [2.45, 2.75) is 0 Å². The molecule has 0 unspecified atom stereocenters. The van der Waals surface area contributed by atoms with E-state index in [1.807, 2.05) is 0 Å². The van der Waals surface area contributed by atoms with Gasteiger partial charge in [-0.3, -0.25) is 15.1 Å². The van der Waals surface area contributed by atoms with Crippen molar-refractivity contribution in [2.24, 2.45) is 4.99 Å². The summed E-state index contributed by atoms with van der Waals surface area (Å²) in [6.07, 6.45) is 3.17. The van der Waals surface area contributed by atoms with E-state index >= 15 is 0 Å². The lowest BCUT2D eigenvalue weighted by molar-refractivity contribution is -0.114. The third kappa shape index (κ3) is 2.76. The Balaban J connectivity index is 1.63. The molecule has 0 bridgehead atoms. The summed E-state index contributed by atoms with van der Waals surface area (Å²) in [6.45, 7) is 0. The average molecular weight is 365 g/mol. The van der Waals surface area contributed by atoms with Gasteiger partial charge in [-0.15, -0.1) is 0 Å². The summed E-state index contributed by atoms with van der Waals surface area (Å²) in [5, 5.41) is 19.4. The number of hydrogen-bond donors (Lipinski definition) is 2. The Morgan fingerprint density at radius 3 is 2.73 bits per heavy atom. The highest BCUT2D eigenvalue weighted by atomic mass is 32.2. The first-order chi connectivity index (χ1) is 12.5. The summed E-state index contributed by atoms with van der Waals surface area (Å²) < 4.78 is 5.72. The van der Waals surface area contributed by atoms with Gasteiger partial charge in [-0.1, -0.05) is 23.9 Å². The largest absolute Gasteiger partial charge is 0.478 e. The number of nitrogens with one attached hydrogen (secondary N) is 1. The van der Waals surface area contributed by atoms with Crippen LogP contribution in [0.3, 0.4) is 0 Å². The summed E-state index contributed by atoms with van der Waals surface area (Å²) in [4.78, 5) is 28.6. The van der Waals surface area contributed by atoms with Crippen molar-refractivity contribution in [1.29, 1.82) is 5.41 Å². The SMILES string of the molecule is N=C1/C(=C/c2ccc(-c3ccc(C(=O)O)cc3)o2)C(=O)N=C2SC=CN12. The fourth-order valence-corrected chi connectivity index (χ4v) is 3.24. The first kappa shape index (κ1) is 16.1. The number of amidine groups is 2. The third-order valence-corrected chi connectivity index (χ3v) is 4.60. The van der Waals surface area contributed by atoms with Crippen molar-refractivity contribution in [2.75, 3.05) is 0 Å². The number of rotatable bonds is 3. The molecule has 8 heteroatoms. The van der Waals surface area contributed by atoms with Gasteiger partial charge in [0.05, 0.1) is 11.1 Å². The number of hydrogen-bond acceptors (Lipinski definition) is 5. The normalized spacial score (nSPS) is 17.6. The van der Waals surface area contributed by atoms with Gasteiger partial charge in [0.2, 0.25) is 0 Å². The zero-order valence-corrected chi connectivity index (χ0v) is 14.0. The molecule has 2 aliphatic rings. The summed E-state index contributed by atoms with van der Waals surface area (Å²) in [5.74, 6) is -0.495. The van der Waals surface area contributed by atoms with Crippen LogP contribution in [0.5, 0.6) is 0 Å². The van der Waals surface area contributed by atoms with Crippen LogP contribution < -0.4 is 0 Å². The molecule has 1 aromatic carbocycles. The summed E-state index contributed by atoms with van der Waals surface area (Å²) >= 11 is 1.29. The van der Waals surface area contributed by atoms with E-state index in [0.717, 1.165) is 0 Å². The predicted molar refractivity (Wildman–Crippen MR) is 97.8 cm³/mol. The molecule has 0 radical (unpaired) electrons. The minimum atomic E-state index is -0.996. The molecule has 0 spiro atoms. The first-order valence-corrected chi connectivity index (χ1v) is 8.40. The molecule has 2 aliphatic heterocycles. The minimum Gasteiger partial charge on any atom is -0.478 e. The van der Waals surface area contributed by atoms with Crippen molar-refractivity contribution >= 4 is 40.7 Å². The van der Waals surface area contributed by atoms with Gasteiger partial charge in [-0.25, -0.2) is 4.79 Å². The predicted octanol–water partition coefficient (Wildman–Crippen LogP) is 3.42. The van der Waals surface area contributed by atoms with Gasteiger partial charge >= 0.3 is 5.97 Å². The number of carbonyl (C=O) groups excluding carboxylic acids is 1. The molecule has 1 amide bonds. The van der Waals surface area contributed by atoms with Crippen LogP contribution in [-0.2, 0) is 4.79 Å². The minimum absolute atomic E-state index is 0.0463. The molecule has 1 aromatic heterocycles. The number of benzene rings is 1. The van der Waals surface area contributed by atoms with E-state index in [4.69, 9.17) is 14.9 Å². The molecule has 3 heterocycles. The standard InChI is InChI=1S/C18H11N3O4S/c19-15-13(16(22)20-18-21(15)7-8-26-18)9-12-5-6-14(25-12)10-1-3-11(4-2-10)17(23)24/h1-9,19H,(H,23,24)/b13-9-,19-15?. The summed E-state index contributed by atoms with van der Waals surface area (Å²) in [6, 6.07) is 9.69. The number of aromatic carboxylic acids is 1. The number of aliphatic imine (C=N–C) groups is 1. The molecule has 0 aliphatic carbocycles. The van der Waals surface area contributed by atoms with Gasteiger partial charge in [-0.2, -0.15) is 4.99 Å². The van der Waals surface area contributed by atoms with E-state index in [1.54, 1.807) is 35.9 Å². The first-order valence-electron chi connectivity index (χ1n) is 7.53. The van der Waals surface area contributed by atoms with Crippen molar-refractivity contribution in [1.82, 2.24) is 4.90 Å². The van der Waals surface area contributed by atoms with Crippen LogP contribution in [0.2, 0.25) is 0 Å². The van der Waals surface area contributed by atoms with Gasteiger partial charge < -0.3 is 9.52 Å². The zero-order chi connectivity index (χ0) is 18.3. The molecule has 7 nitrogen and oxygen atoms in total. The Hall–Kier alpha value is -3.39. The van der Waals surface area contributed by atoms with Gasteiger partial charge in [0, 0.05) is 11.8 Å². The fraction of sp³-hybridized carbons (Fsp3) is 0. The second-order valence-electron chi connectivity index (χ2n) is 5.46. The van der Waals surface area contributed by atoms with Gasteiger partial charge in [0.15, 0.2) is 5.17 Å². The van der Waals surface area contributed by atoms with Crippen molar-refractivity contribution < 1.29 is 19.1 Å². The molecule has 0 saturated heterocycles. The quantitative estimate of drug-likeness (QED) is 0.807. The van der Waals surface area contributed by atoms with Gasteiger partial charge in [0.25, 0.3) is 5.91 Å². The second kappa shape index (κ2) is 6.16. The van der Waals surface area contributed by atoms with Crippen LogP contribution in [-0.4, -0.2) is 32.9 Å². The summed E-state index contributed by atoms with van der Waals surface area (Å²) in [5.41, 5.74) is 1.04. The topological polar surface area (TPSA) is 107 Å². The fourth-order valence-electron chi connectivity index (χ4n) is 2.54. The Morgan fingerprint density at radius 1 is 1.23 bits per heavy atom.